The standard InChI is InChI=1S/C15H23N3O/c1-17(11-12-4-5-12)15(19)14-3-2-10-18(14)13-6-8-16-9-7-13/h2-3,10,12-13,16H,4-9,11H2,1H3. The predicted octanol–water partition coefficient (Wildman–Crippen LogP) is 1.89. The van der Waals surface area contributed by atoms with Gasteiger partial charge in [-0.3, -0.25) is 4.79 Å². The summed E-state index contributed by atoms with van der Waals surface area (Å²) < 4.78 is 2.19. The molecule has 3 rings (SSSR count). The second kappa shape index (κ2) is 5.37. The molecular weight excluding hydrogens is 238 g/mol. The summed E-state index contributed by atoms with van der Waals surface area (Å²) in [5.74, 6) is 0.923. The number of hydrogen-bond donors (Lipinski definition) is 1. The zero-order valence-electron chi connectivity index (χ0n) is 11.6. The van der Waals surface area contributed by atoms with Crippen LogP contribution in [0.5, 0.6) is 0 Å². The lowest BCUT2D eigenvalue weighted by atomic mass is 10.1. The molecule has 1 aliphatic carbocycles. The number of hydrogen-bond acceptors (Lipinski definition) is 2. The number of rotatable bonds is 4. The zero-order chi connectivity index (χ0) is 13.2. The SMILES string of the molecule is CN(CC1CC1)C(=O)c1cccn1C1CCNCC1. The maximum absolute atomic E-state index is 12.5. The molecule has 1 aromatic heterocycles. The summed E-state index contributed by atoms with van der Waals surface area (Å²) in [4.78, 5) is 14.4. The molecule has 4 nitrogen and oxygen atoms in total. The number of aromatic nitrogens is 1. The van der Waals surface area contributed by atoms with Crippen molar-refractivity contribution < 1.29 is 4.79 Å². The van der Waals surface area contributed by atoms with E-state index in [1.165, 1.54) is 12.8 Å². The van der Waals surface area contributed by atoms with E-state index < -0.39 is 0 Å². The second-order valence-corrected chi connectivity index (χ2v) is 5.91. The first kappa shape index (κ1) is 12.7. The Morgan fingerprint density at radius 2 is 2.11 bits per heavy atom. The summed E-state index contributed by atoms with van der Waals surface area (Å²) in [6.07, 6.45) is 6.86. The Balaban J connectivity index is 1.72. The maximum atomic E-state index is 12.5. The van der Waals surface area contributed by atoms with Gasteiger partial charge in [-0.25, -0.2) is 0 Å². The van der Waals surface area contributed by atoms with Gasteiger partial charge in [0, 0.05) is 25.8 Å². The molecule has 2 heterocycles. The lowest BCUT2D eigenvalue weighted by molar-refractivity contribution is 0.0774. The molecule has 4 heteroatoms. The van der Waals surface area contributed by atoms with E-state index in [1.807, 2.05) is 24.1 Å². The van der Waals surface area contributed by atoms with E-state index in [2.05, 4.69) is 16.1 Å². The van der Waals surface area contributed by atoms with Gasteiger partial charge in [-0.15, -0.1) is 0 Å². The molecule has 1 saturated carbocycles. The van der Waals surface area contributed by atoms with Crippen LogP contribution in [-0.4, -0.2) is 42.1 Å². The molecular formula is C15H23N3O. The van der Waals surface area contributed by atoms with Crippen LogP contribution in [0.1, 0.15) is 42.2 Å². The first-order valence-electron chi connectivity index (χ1n) is 7.38. The summed E-state index contributed by atoms with van der Waals surface area (Å²) >= 11 is 0. The van der Waals surface area contributed by atoms with Gasteiger partial charge >= 0.3 is 0 Å². The molecule has 0 spiro atoms. The molecule has 19 heavy (non-hydrogen) atoms. The maximum Gasteiger partial charge on any atom is 0.270 e. The Kier molecular flexibility index (Phi) is 3.60. The van der Waals surface area contributed by atoms with Crippen LogP contribution in [0, 0.1) is 5.92 Å². The van der Waals surface area contributed by atoms with E-state index >= 15 is 0 Å². The van der Waals surface area contributed by atoms with E-state index in [0.717, 1.165) is 44.1 Å². The topological polar surface area (TPSA) is 37.3 Å². The Labute approximate surface area is 114 Å². The Hall–Kier alpha value is -1.29. The fraction of sp³-hybridized carbons (Fsp3) is 0.667. The normalized spacial score (nSPS) is 20.5. The molecule has 0 radical (unpaired) electrons. The molecule has 1 N–H and O–H groups in total. The molecule has 1 aromatic rings. The van der Waals surface area contributed by atoms with Gasteiger partial charge in [0.1, 0.15) is 5.69 Å². The summed E-state index contributed by atoms with van der Waals surface area (Å²) in [6.45, 7) is 3.01. The van der Waals surface area contributed by atoms with Gasteiger partial charge in [-0.1, -0.05) is 0 Å². The highest BCUT2D eigenvalue weighted by Crippen LogP contribution is 2.30. The third-order valence-corrected chi connectivity index (χ3v) is 4.28. The summed E-state index contributed by atoms with van der Waals surface area (Å²) in [5, 5.41) is 3.37. The first-order chi connectivity index (χ1) is 9.25. The van der Waals surface area contributed by atoms with E-state index in [9.17, 15) is 4.79 Å². The van der Waals surface area contributed by atoms with Crippen LogP contribution in [0.25, 0.3) is 0 Å². The smallest absolute Gasteiger partial charge is 0.270 e. The van der Waals surface area contributed by atoms with Crippen molar-refractivity contribution in [2.75, 3.05) is 26.7 Å². The number of nitrogens with one attached hydrogen (secondary N) is 1. The zero-order valence-corrected chi connectivity index (χ0v) is 11.6. The summed E-state index contributed by atoms with van der Waals surface area (Å²) in [6, 6.07) is 4.44. The highest BCUT2D eigenvalue weighted by Gasteiger charge is 2.27. The van der Waals surface area contributed by atoms with Gasteiger partial charge in [0.15, 0.2) is 0 Å². The highest BCUT2D eigenvalue weighted by atomic mass is 16.2. The van der Waals surface area contributed by atoms with Gasteiger partial charge in [-0.05, 0) is 56.8 Å². The van der Waals surface area contributed by atoms with Crippen molar-refractivity contribution in [2.45, 2.75) is 31.7 Å². The second-order valence-electron chi connectivity index (χ2n) is 5.91. The molecule has 1 saturated heterocycles. The number of carbonyl (C=O) groups excluding carboxylic acids is 1. The van der Waals surface area contributed by atoms with Crippen LogP contribution in [0.4, 0.5) is 0 Å². The average molecular weight is 261 g/mol. The number of piperidine rings is 1. The third kappa shape index (κ3) is 2.84. The minimum atomic E-state index is 0.176. The van der Waals surface area contributed by atoms with Crippen molar-refractivity contribution in [1.82, 2.24) is 14.8 Å². The summed E-state index contributed by atoms with van der Waals surface area (Å²) in [5.41, 5.74) is 0.857. The Morgan fingerprint density at radius 3 is 2.79 bits per heavy atom. The highest BCUT2D eigenvalue weighted by molar-refractivity contribution is 5.92. The summed E-state index contributed by atoms with van der Waals surface area (Å²) in [7, 11) is 1.93. The number of amides is 1. The van der Waals surface area contributed by atoms with E-state index in [4.69, 9.17) is 0 Å². The number of nitrogens with zero attached hydrogens (tertiary/aromatic N) is 2. The van der Waals surface area contributed by atoms with Crippen molar-refractivity contribution in [3.8, 4) is 0 Å². The van der Waals surface area contributed by atoms with Crippen LogP contribution >= 0.6 is 0 Å². The molecule has 0 aromatic carbocycles. The minimum Gasteiger partial charge on any atom is -0.340 e. The molecule has 104 valence electrons. The molecule has 0 bridgehead atoms. The van der Waals surface area contributed by atoms with Crippen molar-refractivity contribution in [3.05, 3.63) is 24.0 Å². The van der Waals surface area contributed by atoms with Gasteiger partial charge in [-0.2, -0.15) is 0 Å². The predicted molar refractivity (Wildman–Crippen MR) is 75.3 cm³/mol. The lowest BCUT2D eigenvalue weighted by Crippen LogP contribution is -2.34. The Morgan fingerprint density at radius 1 is 1.37 bits per heavy atom. The van der Waals surface area contributed by atoms with Crippen molar-refractivity contribution >= 4 is 5.91 Å². The van der Waals surface area contributed by atoms with Gasteiger partial charge in [0.25, 0.3) is 5.91 Å². The quantitative estimate of drug-likeness (QED) is 0.898. The molecule has 1 amide bonds. The van der Waals surface area contributed by atoms with Crippen LogP contribution < -0.4 is 5.32 Å². The van der Waals surface area contributed by atoms with Gasteiger partial charge in [0.2, 0.25) is 0 Å². The number of carbonyl (C=O) groups is 1. The first-order valence-corrected chi connectivity index (χ1v) is 7.38. The van der Waals surface area contributed by atoms with Crippen LogP contribution in [-0.2, 0) is 0 Å². The molecule has 2 aliphatic rings. The van der Waals surface area contributed by atoms with Crippen LogP contribution in [0.3, 0.4) is 0 Å². The molecule has 0 unspecified atom stereocenters. The van der Waals surface area contributed by atoms with E-state index in [-0.39, 0.29) is 5.91 Å². The van der Waals surface area contributed by atoms with Gasteiger partial charge < -0.3 is 14.8 Å². The average Bonchev–Trinajstić information content (AvgIpc) is 3.12. The lowest BCUT2D eigenvalue weighted by Gasteiger charge is -2.27. The van der Waals surface area contributed by atoms with Crippen molar-refractivity contribution in [3.63, 3.8) is 0 Å². The van der Waals surface area contributed by atoms with E-state index in [1.54, 1.807) is 0 Å². The van der Waals surface area contributed by atoms with Crippen LogP contribution in [0.2, 0.25) is 0 Å². The minimum absolute atomic E-state index is 0.176. The third-order valence-electron chi connectivity index (χ3n) is 4.28. The van der Waals surface area contributed by atoms with Gasteiger partial charge in [0.05, 0.1) is 0 Å². The monoisotopic (exact) mass is 261 g/mol. The van der Waals surface area contributed by atoms with Crippen molar-refractivity contribution in [2.24, 2.45) is 5.92 Å². The fourth-order valence-corrected chi connectivity index (χ4v) is 2.94. The molecule has 0 atom stereocenters. The molecule has 2 fully saturated rings. The fourth-order valence-electron chi connectivity index (χ4n) is 2.94. The van der Waals surface area contributed by atoms with Crippen molar-refractivity contribution in [1.29, 1.82) is 0 Å². The Bertz CT molecular complexity index is 444. The van der Waals surface area contributed by atoms with E-state index in [0.29, 0.717) is 6.04 Å². The largest absolute Gasteiger partial charge is 0.340 e. The van der Waals surface area contributed by atoms with Crippen LogP contribution in [0.15, 0.2) is 18.3 Å². The molecule has 1 aliphatic heterocycles.